The van der Waals surface area contributed by atoms with Gasteiger partial charge in [-0.15, -0.1) is 6.42 Å². The van der Waals surface area contributed by atoms with Gasteiger partial charge in [0.05, 0.1) is 13.2 Å². The number of nitrogens with zero attached hydrogens (tertiary/aromatic N) is 1. The van der Waals surface area contributed by atoms with E-state index in [1.165, 1.54) is 0 Å². The molecule has 1 amide bonds. The molecule has 1 aliphatic carbocycles. The van der Waals surface area contributed by atoms with E-state index >= 15 is 0 Å². The zero-order chi connectivity index (χ0) is 18.4. The molecule has 1 N–H and O–H groups in total. The summed E-state index contributed by atoms with van der Waals surface area (Å²) in [6.07, 6.45) is 9.57. The molecule has 0 atom stereocenters. The number of carbonyl (C=O) groups excluding carboxylic acids is 1. The van der Waals surface area contributed by atoms with E-state index in [1.807, 2.05) is 19.1 Å². The van der Waals surface area contributed by atoms with Crippen molar-refractivity contribution >= 4 is 5.91 Å². The van der Waals surface area contributed by atoms with Crippen molar-refractivity contribution in [3.05, 3.63) is 29.3 Å². The van der Waals surface area contributed by atoms with Crippen LogP contribution in [0.5, 0.6) is 5.75 Å². The number of hydrogen-bond donors (Lipinski definition) is 1. The molecule has 0 unspecified atom stereocenters. The van der Waals surface area contributed by atoms with E-state index in [0.29, 0.717) is 17.4 Å². The molecule has 1 saturated carbocycles. The number of amides is 1. The van der Waals surface area contributed by atoms with Crippen molar-refractivity contribution in [3.8, 4) is 18.1 Å². The summed E-state index contributed by atoms with van der Waals surface area (Å²) >= 11 is 0. The third-order valence-electron chi connectivity index (χ3n) is 5.36. The minimum atomic E-state index is -0.0367. The number of rotatable bonds is 5. The lowest BCUT2D eigenvalue weighted by molar-refractivity contribution is 0.00664. The van der Waals surface area contributed by atoms with Crippen LogP contribution in [0.25, 0.3) is 0 Å². The van der Waals surface area contributed by atoms with Crippen LogP contribution >= 0.6 is 0 Å². The molecule has 2 fully saturated rings. The van der Waals surface area contributed by atoms with E-state index in [-0.39, 0.29) is 18.6 Å². The average Bonchev–Trinajstić information content (AvgIpc) is 2.68. The highest BCUT2D eigenvalue weighted by Gasteiger charge is 2.27. The SMILES string of the molecule is C#CCOc1cc(C(=O)N[C@H]2CC[C@H](N3CCOCC3)CC2)ccc1C. The van der Waals surface area contributed by atoms with Gasteiger partial charge >= 0.3 is 0 Å². The fraction of sp³-hybridized carbons (Fsp3) is 0.571. The molecule has 140 valence electrons. The van der Waals surface area contributed by atoms with Crippen LogP contribution in [0.2, 0.25) is 0 Å². The van der Waals surface area contributed by atoms with Gasteiger partial charge in [-0.05, 0) is 50.3 Å². The van der Waals surface area contributed by atoms with Crippen LogP contribution in [-0.2, 0) is 4.74 Å². The molecule has 3 rings (SSSR count). The molecule has 1 aromatic rings. The topological polar surface area (TPSA) is 50.8 Å². The Morgan fingerprint density at radius 1 is 1.31 bits per heavy atom. The highest BCUT2D eigenvalue weighted by molar-refractivity contribution is 5.94. The van der Waals surface area contributed by atoms with Gasteiger partial charge in [0.2, 0.25) is 0 Å². The van der Waals surface area contributed by atoms with Crippen LogP contribution in [0.1, 0.15) is 41.6 Å². The highest BCUT2D eigenvalue weighted by Crippen LogP contribution is 2.25. The Bertz CT molecular complexity index is 654. The van der Waals surface area contributed by atoms with Crippen LogP contribution in [0.4, 0.5) is 0 Å². The number of carbonyl (C=O) groups is 1. The van der Waals surface area contributed by atoms with Gasteiger partial charge in [-0.3, -0.25) is 9.69 Å². The zero-order valence-corrected chi connectivity index (χ0v) is 15.5. The fourth-order valence-corrected chi connectivity index (χ4v) is 3.81. The van der Waals surface area contributed by atoms with E-state index in [1.54, 1.807) is 6.07 Å². The van der Waals surface area contributed by atoms with Crippen molar-refractivity contribution in [2.45, 2.75) is 44.7 Å². The van der Waals surface area contributed by atoms with Gasteiger partial charge in [0, 0.05) is 30.7 Å². The van der Waals surface area contributed by atoms with Gasteiger partial charge in [-0.2, -0.15) is 0 Å². The number of nitrogens with one attached hydrogen (secondary N) is 1. The predicted molar refractivity (Wildman–Crippen MR) is 101 cm³/mol. The van der Waals surface area contributed by atoms with E-state index in [9.17, 15) is 4.79 Å². The second kappa shape index (κ2) is 9.07. The van der Waals surface area contributed by atoms with Gasteiger partial charge in [0.1, 0.15) is 12.4 Å². The largest absolute Gasteiger partial charge is 0.481 e. The normalized spacial score (nSPS) is 23.8. The van der Waals surface area contributed by atoms with Crippen molar-refractivity contribution in [2.75, 3.05) is 32.9 Å². The second-order valence-electron chi connectivity index (χ2n) is 7.10. The van der Waals surface area contributed by atoms with Crippen LogP contribution in [-0.4, -0.2) is 55.8 Å². The number of aryl methyl sites for hydroxylation is 1. The fourth-order valence-electron chi connectivity index (χ4n) is 3.81. The molecule has 5 nitrogen and oxygen atoms in total. The monoisotopic (exact) mass is 356 g/mol. The molecular weight excluding hydrogens is 328 g/mol. The summed E-state index contributed by atoms with van der Waals surface area (Å²) in [7, 11) is 0. The number of ether oxygens (including phenoxy) is 2. The number of terminal acetylenes is 1. The summed E-state index contributed by atoms with van der Waals surface area (Å²) in [6.45, 7) is 5.90. The molecule has 0 aromatic heterocycles. The van der Waals surface area contributed by atoms with Crippen LogP contribution in [0, 0.1) is 19.3 Å². The number of benzene rings is 1. The summed E-state index contributed by atoms with van der Waals surface area (Å²) < 4.78 is 11.0. The van der Waals surface area contributed by atoms with E-state index in [2.05, 4.69) is 16.1 Å². The minimum Gasteiger partial charge on any atom is -0.481 e. The average molecular weight is 356 g/mol. The Labute approximate surface area is 156 Å². The van der Waals surface area contributed by atoms with Crippen molar-refractivity contribution in [1.29, 1.82) is 0 Å². The maximum absolute atomic E-state index is 12.6. The van der Waals surface area contributed by atoms with E-state index in [0.717, 1.165) is 57.6 Å². The molecular formula is C21H28N2O3. The molecule has 1 heterocycles. The molecule has 26 heavy (non-hydrogen) atoms. The first-order valence-corrected chi connectivity index (χ1v) is 9.47. The van der Waals surface area contributed by atoms with Gasteiger partial charge in [-0.1, -0.05) is 12.0 Å². The number of morpholine rings is 1. The molecule has 5 heteroatoms. The quantitative estimate of drug-likeness (QED) is 0.823. The second-order valence-corrected chi connectivity index (χ2v) is 7.10. The molecule has 1 aliphatic heterocycles. The molecule has 2 aliphatic rings. The Balaban J connectivity index is 1.52. The van der Waals surface area contributed by atoms with Gasteiger partial charge in [0.25, 0.3) is 5.91 Å². The maximum atomic E-state index is 12.6. The molecule has 0 bridgehead atoms. The van der Waals surface area contributed by atoms with Crippen molar-refractivity contribution in [2.24, 2.45) is 0 Å². The lowest BCUT2D eigenvalue weighted by atomic mass is 9.89. The third kappa shape index (κ3) is 4.78. The molecule has 1 saturated heterocycles. The van der Waals surface area contributed by atoms with E-state index < -0.39 is 0 Å². The molecule has 0 spiro atoms. The Morgan fingerprint density at radius 3 is 2.73 bits per heavy atom. The Morgan fingerprint density at radius 2 is 2.04 bits per heavy atom. The smallest absolute Gasteiger partial charge is 0.251 e. The lowest BCUT2D eigenvalue weighted by Gasteiger charge is -2.38. The van der Waals surface area contributed by atoms with Gasteiger partial charge in [-0.25, -0.2) is 0 Å². The number of hydrogen-bond acceptors (Lipinski definition) is 4. The Hall–Kier alpha value is -2.03. The summed E-state index contributed by atoms with van der Waals surface area (Å²) in [5, 5.41) is 3.18. The standard InChI is InChI=1S/C21H28N2O3/c1-3-12-26-20-15-17(5-4-16(20)2)21(24)22-18-6-8-19(9-7-18)23-10-13-25-14-11-23/h1,4-5,15,18-19H,6-14H2,2H3,(H,22,24)/t18-,19-. The summed E-state index contributed by atoms with van der Waals surface area (Å²) in [5.41, 5.74) is 1.60. The minimum absolute atomic E-state index is 0.0367. The van der Waals surface area contributed by atoms with Crippen molar-refractivity contribution in [3.63, 3.8) is 0 Å². The first-order valence-electron chi connectivity index (χ1n) is 9.47. The molecule has 0 radical (unpaired) electrons. The summed E-state index contributed by atoms with van der Waals surface area (Å²) in [6, 6.07) is 6.40. The molecule has 1 aromatic carbocycles. The maximum Gasteiger partial charge on any atom is 0.251 e. The summed E-state index contributed by atoms with van der Waals surface area (Å²) in [4.78, 5) is 15.1. The van der Waals surface area contributed by atoms with E-state index in [4.69, 9.17) is 15.9 Å². The first kappa shape index (κ1) is 18.8. The van der Waals surface area contributed by atoms with Crippen molar-refractivity contribution in [1.82, 2.24) is 10.2 Å². The third-order valence-corrected chi connectivity index (χ3v) is 5.36. The van der Waals surface area contributed by atoms with Crippen molar-refractivity contribution < 1.29 is 14.3 Å². The highest BCUT2D eigenvalue weighted by atomic mass is 16.5. The lowest BCUT2D eigenvalue weighted by Crippen LogP contribution is -2.47. The Kier molecular flexibility index (Phi) is 6.54. The first-order chi connectivity index (χ1) is 12.7. The summed E-state index contributed by atoms with van der Waals surface area (Å²) in [5.74, 6) is 3.09. The zero-order valence-electron chi connectivity index (χ0n) is 15.5. The predicted octanol–water partition coefficient (Wildman–Crippen LogP) is 2.38. The van der Waals surface area contributed by atoms with Gasteiger partial charge < -0.3 is 14.8 Å². The van der Waals surface area contributed by atoms with Crippen LogP contribution in [0.3, 0.4) is 0 Å². The van der Waals surface area contributed by atoms with Crippen LogP contribution in [0.15, 0.2) is 18.2 Å². The van der Waals surface area contributed by atoms with Gasteiger partial charge in [0.15, 0.2) is 0 Å². The van der Waals surface area contributed by atoms with Crippen LogP contribution < -0.4 is 10.1 Å².